The molecule has 4 nitrogen and oxygen atoms in total. The van der Waals surface area contributed by atoms with Crippen LogP contribution in [-0.2, 0) is 18.6 Å². The van der Waals surface area contributed by atoms with Crippen LogP contribution in [0.4, 0.5) is 0 Å². The summed E-state index contributed by atoms with van der Waals surface area (Å²) in [6.45, 7) is 0.985. The lowest BCUT2D eigenvalue weighted by molar-refractivity contribution is 0.0380. The molecule has 1 heterocycles. The molecule has 0 saturated carbocycles. The second-order valence-corrected chi connectivity index (χ2v) is 5.17. The molecule has 4 heteroatoms. The summed E-state index contributed by atoms with van der Waals surface area (Å²) in [5, 5.41) is 22.6. The molecule has 2 N–H and O–H groups in total. The van der Waals surface area contributed by atoms with Crippen molar-refractivity contribution in [2.75, 3.05) is 6.54 Å². The molecule has 1 atom stereocenters. The summed E-state index contributed by atoms with van der Waals surface area (Å²) in [6, 6.07) is 13.4. The normalized spacial score (nSPS) is 20.6. The maximum absolute atomic E-state index is 10.7. The smallest absolute Gasteiger partial charge is 0.203 e. The number of nitrogens with one attached hydrogen (secondary N) is 1. The highest BCUT2D eigenvalue weighted by atomic mass is 16.3. The Balaban J connectivity index is 1.63. The van der Waals surface area contributed by atoms with Crippen LogP contribution < -0.4 is 5.32 Å². The minimum absolute atomic E-state index is 0.312. The standard InChI is InChI=1S/C16H16N2O2/c17-9-13-5-6-14(20-13)10-18-11-16(19)8-7-12-3-1-2-4-15(12)16/h1-6,18-19H,7-8,10-11H2. The fourth-order valence-electron chi connectivity index (χ4n) is 2.78. The predicted octanol–water partition coefficient (Wildman–Crippen LogP) is 2.07. The van der Waals surface area contributed by atoms with Crippen molar-refractivity contribution in [3.8, 4) is 6.07 Å². The van der Waals surface area contributed by atoms with E-state index in [4.69, 9.17) is 9.68 Å². The maximum atomic E-state index is 10.7. The van der Waals surface area contributed by atoms with Gasteiger partial charge in [0.25, 0.3) is 0 Å². The Labute approximate surface area is 117 Å². The lowest BCUT2D eigenvalue weighted by atomic mass is 9.96. The van der Waals surface area contributed by atoms with E-state index in [0.29, 0.717) is 24.6 Å². The van der Waals surface area contributed by atoms with E-state index in [-0.39, 0.29) is 0 Å². The van der Waals surface area contributed by atoms with Crippen LogP contribution in [0.3, 0.4) is 0 Å². The van der Waals surface area contributed by atoms with Gasteiger partial charge in [0.2, 0.25) is 5.76 Å². The lowest BCUT2D eigenvalue weighted by Crippen LogP contribution is -2.35. The molecule has 1 unspecified atom stereocenters. The van der Waals surface area contributed by atoms with Crippen LogP contribution in [0.2, 0.25) is 0 Å². The zero-order valence-electron chi connectivity index (χ0n) is 11.1. The van der Waals surface area contributed by atoms with E-state index in [1.165, 1.54) is 5.56 Å². The van der Waals surface area contributed by atoms with Crippen LogP contribution in [0.15, 0.2) is 40.8 Å². The third-order valence-electron chi connectivity index (χ3n) is 3.82. The first-order chi connectivity index (χ1) is 9.71. The third kappa shape index (κ3) is 2.34. The van der Waals surface area contributed by atoms with Crippen LogP contribution in [-0.4, -0.2) is 11.7 Å². The Hall–Kier alpha value is -2.09. The van der Waals surface area contributed by atoms with Gasteiger partial charge in [0, 0.05) is 6.54 Å². The quantitative estimate of drug-likeness (QED) is 0.890. The minimum atomic E-state index is -0.804. The van der Waals surface area contributed by atoms with Crippen LogP contribution in [0.25, 0.3) is 0 Å². The van der Waals surface area contributed by atoms with Crippen molar-refractivity contribution in [2.45, 2.75) is 25.0 Å². The number of hydrogen-bond acceptors (Lipinski definition) is 4. The number of rotatable bonds is 4. The van der Waals surface area contributed by atoms with Crippen LogP contribution >= 0.6 is 0 Å². The van der Waals surface area contributed by atoms with Crippen molar-refractivity contribution >= 4 is 0 Å². The van der Waals surface area contributed by atoms with Crippen molar-refractivity contribution in [1.82, 2.24) is 5.32 Å². The van der Waals surface area contributed by atoms with E-state index in [1.807, 2.05) is 24.3 Å². The molecule has 0 fully saturated rings. The molecule has 3 rings (SSSR count). The first-order valence-electron chi connectivity index (χ1n) is 6.71. The van der Waals surface area contributed by atoms with Gasteiger partial charge in [-0.3, -0.25) is 0 Å². The average Bonchev–Trinajstić information content (AvgIpc) is 3.05. The summed E-state index contributed by atoms with van der Waals surface area (Å²) in [7, 11) is 0. The first kappa shape index (κ1) is 12.9. The molecule has 0 bridgehead atoms. The Morgan fingerprint density at radius 2 is 2.15 bits per heavy atom. The number of nitrogens with zero attached hydrogens (tertiary/aromatic N) is 1. The molecule has 0 aliphatic heterocycles. The van der Waals surface area contributed by atoms with Gasteiger partial charge in [-0.1, -0.05) is 24.3 Å². The predicted molar refractivity (Wildman–Crippen MR) is 73.8 cm³/mol. The molecule has 2 aromatic rings. The summed E-state index contributed by atoms with van der Waals surface area (Å²) in [6.07, 6.45) is 1.65. The van der Waals surface area contributed by atoms with E-state index < -0.39 is 5.60 Å². The van der Waals surface area contributed by atoms with E-state index in [2.05, 4.69) is 11.4 Å². The highest BCUT2D eigenvalue weighted by Crippen LogP contribution is 2.36. The third-order valence-corrected chi connectivity index (χ3v) is 3.82. The molecule has 0 saturated heterocycles. The Kier molecular flexibility index (Phi) is 3.31. The van der Waals surface area contributed by atoms with E-state index in [0.717, 1.165) is 18.4 Å². The number of aliphatic hydroxyl groups is 1. The monoisotopic (exact) mass is 268 g/mol. The molecule has 0 spiro atoms. The average molecular weight is 268 g/mol. The van der Waals surface area contributed by atoms with Gasteiger partial charge in [-0.15, -0.1) is 0 Å². The molecule has 1 aromatic carbocycles. The van der Waals surface area contributed by atoms with E-state index in [1.54, 1.807) is 12.1 Å². The second kappa shape index (κ2) is 5.12. The summed E-state index contributed by atoms with van der Waals surface area (Å²) in [4.78, 5) is 0. The summed E-state index contributed by atoms with van der Waals surface area (Å²) < 4.78 is 5.29. The van der Waals surface area contributed by atoms with Crippen molar-refractivity contribution in [3.05, 3.63) is 59.0 Å². The largest absolute Gasteiger partial charge is 0.449 e. The van der Waals surface area contributed by atoms with Crippen molar-refractivity contribution < 1.29 is 9.52 Å². The zero-order chi connectivity index (χ0) is 14.0. The highest BCUT2D eigenvalue weighted by Gasteiger charge is 2.35. The van der Waals surface area contributed by atoms with Crippen molar-refractivity contribution in [1.29, 1.82) is 5.26 Å². The molecule has 1 aromatic heterocycles. The maximum Gasteiger partial charge on any atom is 0.203 e. The Morgan fingerprint density at radius 1 is 1.30 bits per heavy atom. The fourth-order valence-corrected chi connectivity index (χ4v) is 2.78. The zero-order valence-corrected chi connectivity index (χ0v) is 11.1. The number of fused-ring (bicyclic) bond motifs is 1. The van der Waals surface area contributed by atoms with Gasteiger partial charge in [0.05, 0.1) is 6.54 Å². The summed E-state index contributed by atoms with van der Waals surface area (Å²) in [5.41, 5.74) is 1.44. The van der Waals surface area contributed by atoms with Gasteiger partial charge in [0.15, 0.2) is 0 Å². The number of hydrogen-bond donors (Lipinski definition) is 2. The van der Waals surface area contributed by atoms with Gasteiger partial charge in [-0.05, 0) is 36.1 Å². The molecular weight excluding hydrogens is 252 g/mol. The van der Waals surface area contributed by atoms with Gasteiger partial charge in [-0.25, -0.2) is 0 Å². The molecular formula is C16H16N2O2. The second-order valence-electron chi connectivity index (χ2n) is 5.17. The Bertz CT molecular complexity index is 656. The number of nitriles is 1. The van der Waals surface area contributed by atoms with Crippen LogP contribution in [0.5, 0.6) is 0 Å². The molecule has 1 aliphatic rings. The SMILES string of the molecule is N#Cc1ccc(CNCC2(O)CCc3ccccc32)o1. The number of furan rings is 1. The number of aryl methyl sites for hydroxylation is 1. The number of benzene rings is 1. The van der Waals surface area contributed by atoms with Crippen molar-refractivity contribution in [3.63, 3.8) is 0 Å². The molecule has 20 heavy (non-hydrogen) atoms. The molecule has 0 amide bonds. The summed E-state index contributed by atoms with van der Waals surface area (Å²) >= 11 is 0. The van der Waals surface area contributed by atoms with E-state index >= 15 is 0 Å². The summed E-state index contributed by atoms with van der Waals surface area (Å²) in [5.74, 6) is 1.02. The van der Waals surface area contributed by atoms with Gasteiger partial charge in [-0.2, -0.15) is 5.26 Å². The van der Waals surface area contributed by atoms with E-state index in [9.17, 15) is 5.11 Å². The lowest BCUT2D eigenvalue weighted by Gasteiger charge is -2.24. The first-order valence-corrected chi connectivity index (χ1v) is 6.71. The van der Waals surface area contributed by atoms with Crippen LogP contribution in [0, 0.1) is 11.3 Å². The van der Waals surface area contributed by atoms with Gasteiger partial charge >= 0.3 is 0 Å². The Morgan fingerprint density at radius 3 is 2.95 bits per heavy atom. The highest BCUT2D eigenvalue weighted by molar-refractivity contribution is 5.37. The molecule has 1 aliphatic carbocycles. The fraction of sp³-hybridized carbons (Fsp3) is 0.312. The van der Waals surface area contributed by atoms with Gasteiger partial charge < -0.3 is 14.8 Å². The molecule has 0 radical (unpaired) electrons. The topological polar surface area (TPSA) is 69.2 Å². The minimum Gasteiger partial charge on any atom is -0.449 e. The molecule has 102 valence electrons. The van der Waals surface area contributed by atoms with Crippen molar-refractivity contribution in [2.24, 2.45) is 0 Å². The van der Waals surface area contributed by atoms with Crippen LogP contribution in [0.1, 0.15) is 29.1 Å². The van der Waals surface area contributed by atoms with Gasteiger partial charge in [0.1, 0.15) is 17.4 Å².